The first-order valence-electron chi connectivity index (χ1n) is 7.44. The van der Waals surface area contributed by atoms with Gasteiger partial charge in [-0.05, 0) is 36.4 Å². The van der Waals surface area contributed by atoms with Gasteiger partial charge in [0.2, 0.25) is 0 Å². The van der Waals surface area contributed by atoms with Crippen LogP contribution in [0.1, 0.15) is 5.56 Å². The third-order valence-electron chi connectivity index (χ3n) is 3.83. The van der Waals surface area contributed by atoms with E-state index in [1.54, 1.807) is 31.4 Å². The molecule has 1 aromatic heterocycles. The van der Waals surface area contributed by atoms with E-state index >= 15 is 0 Å². The molecular weight excluding hydrogens is 437 g/mol. The average Bonchev–Trinajstić information content (AvgIpc) is 2.63. The van der Waals surface area contributed by atoms with Gasteiger partial charge in [-0.3, -0.25) is 0 Å². The predicted molar refractivity (Wildman–Crippen MR) is 109 cm³/mol. The molecule has 0 aliphatic heterocycles. The molecule has 7 heteroatoms. The zero-order valence-corrected chi connectivity index (χ0v) is 16.7. The largest absolute Gasteiger partial charge is 0.496 e. The van der Waals surface area contributed by atoms with Crippen LogP contribution in [-0.2, 0) is 0 Å². The quantitative estimate of drug-likeness (QED) is 0.537. The highest BCUT2D eigenvalue weighted by Gasteiger charge is 2.17. The van der Waals surface area contributed by atoms with E-state index in [1.165, 1.54) is 0 Å². The lowest BCUT2D eigenvalue weighted by atomic mass is 9.97. The Morgan fingerprint density at radius 1 is 1.08 bits per heavy atom. The second-order valence-electron chi connectivity index (χ2n) is 5.40. The van der Waals surface area contributed by atoms with Crippen molar-refractivity contribution in [2.75, 3.05) is 12.8 Å². The lowest BCUT2D eigenvalue weighted by Crippen LogP contribution is -2.00. The monoisotopic (exact) mass is 447 g/mol. The van der Waals surface area contributed by atoms with Crippen LogP contribution in [0.15, 0.2) is 46.9 Å². The molecule has 0 saturated heterocycles. The first-order chi connectivity index (χ1) is 12.4. The Kier molecular flexibility index (Phi) is 5.38. The highest BCUT2D eigenvalue weighted by atomic mass is 79.9. The normalized spacial score (nSPS) is 10.4. The van der Waals surface area contributed by atoms with Crippen molar-refractivity contribution in [1.29, 1.82) is 5.26 Å². The number of ether oxygens (including phenoxy) is 1. The fourth-order valence-electron chi connectivity index (χ4n) is 2.59. The molecule has 3 aromatic rings. The standard InChI is InChI=1S/C19H12BrCl2N3O/c1-26-18-5-3-11(20)7-13(18)12-8-17(25-19(24)14(12)9-23)10-2-4-15(21)16(22)6-10/h2-8H,1H3,(H2,24,25). The molecule has 0 saturated carbocycles. The summed E-state index contributed by atoms with van der Waals surface area (Å²) in [5.74, 6) is 0.753. The maximum absolute atomic E-state index is 9.57. The highest BCUT2D eigenvalue weighted by Crippen LogP contribution is 2.38. The lowest BCUT2D eigenvalue weighted by molar-refractivity contribution is 0.416. The van der Waals surface area contributed by atoms with Crippen LogP contribution in [0, 0.1) is 11.3 Å². The van der Waals surface area contributed by atoms with Gasteiger partial charge in [-0.2, -0.15) is 5.26 Å². The van der Waals surface area contributed by atoms with E-state index in [-0.39, 0.29) is 11.4 Å². The molecule has 130 valence electrons. The van der Waals surface area contributed by atoms with E-state index in [2.05, 4.69) is 27.0 Å². The summed E-state index contributed by atoms with van der Waals surface area (Å²) in [6.07, 6.45) is 0. The molecule has 4 nitrogen and oxygen atoms in total. The number of anilines is 1. The predicted octanol–water partition coefficient (Wildman–Crippen LogP) is 5.95. The van der Waals surface area contributed by atoms with Crippen molar-refractivity contribution in [3.05, 3.63) is 62.5 Å². The lowest BCUT2D eigenvalue weighted by Gasteiger charge is -2.14. The van der Waals surface area contributed by atoms with Crippen molar-refractivity contribution < 1.29 is 4.74 Å². The smallest absolute Gasteiger partial charge is 0.142 e. The van der Waals surface area contributed by atoms with Gasteiger partial charge in [-0.1, -0.05) is 45.2 Å². The van der Waals surface area contributed by atoms with Crippen molar-refractivity contribution in [2.24, 2.45) is 0 Å². The second kappa shape index (κ2) is 7.55. The molecule has 2 aromatic carbocycles. The zero-order valence-electron chi connectivity index (χ0n) is 13.6. The molecule has 2 N–H and O–H groups in total. The fourth-order valence-corrected chi connectivity index (χ4v) is 3.25. The number of aromatic nitrogens is 1. The molecule has 3 rings (SSSR count). The Morgan fingerprint density at radius 3 is 2.50 bits per heavy atom. The summed E-state index contributed by atoms with van der Waals surface area (Å²) in [7, 11) is 1.57. The minimum absolute atomic E-state index is 0.133. The molecule has 0 atom stereocenters. The van der Waals surface area contributed by atoms with Gasteiger partial charge in [0.25, 0.3) is 0 Å². The minimum atomic E-state index is 0.133. The van der Waals surface area contributed by atoms with Gasteiger partial charge in [-0.15, -0.1) is 0 Å². The summed E-state index contributed by atoms with van der Waals surface area (Å²) < 4.78 is 6.30. The summed E-state index contributed by atoms with van der Waals surface area (Å²) >= 11 is 15.6. The van der Waals surface area contributed by atoms with Gasteiger partial charge in [-0.25, -0.2) is 4.98 Å². The van der Waals surface area contributed by atoms with Crippen LogP contribution in [0.2, 0.25) is 10.0 Å². The van der Waals surface area contributed by atoms with Gasteiger partial charge < -0.3 is 10.5 Å². The van der Waals surface area contributed by atoms with Gasteiger partial charge in [0, 0.05) is 21.2 Å². The van der Waals surface area contributed by atoms with E-state index < -0.39 is 0 Å². The molecule has 0 amide bonds. The number of nitriles is 1. The van der Waals surface area contributed by atoms with Gasteiger partial charge in [0.1, 0.15) is 23.2 Å². The number of hydrogen-bond acceptors (Lipinski definition) is 4. The van der Waals surface area contributed by atoms with Crippen LogP contribution in [0.3, 0.4) is 0 Å². The molecule has 0 bridgehead atoms. The SMILES string of the molecule is COc1ccc(Br)cc1-c1cc(-c2ccc(Cl)c(Cl)c2)nc(N)c1C#N. The maximum Gasteiger partial charge on any atom is 0.142 e. The van der Waals surface area contributed by atoms with E-state index in [1.807, 2.05) is 18.2 Å². The van der Waals surface area contributed by atoms with E-state index in [9.17, 15) is 5.26 Å². The number of rotatable bonds is 3. The number of pyridine rings is 1. The summed E-state index contributed by atoms with van der Waals surface area (Å²) in [5.41, 5.74) is 9.02. The third-order valence-corrected chi connectivity index (χ3v) is 5.06. The van der Waals surface area contributed by atoms with Crippen LogP contribution in [-0.4, -0.2) is 12.1 Å². The average molecular weight is 449 g/mol. The van der Waals surface area contributed by atoms with Crippen molar-refractivity contribution >= 4 is 44.9 Å². The number of hydrogen-bond donors (Lipinski definition) is 1. The van der Waals surface area contributed by atoms with Crippen LogP contribution in [0.5, 0.6) is 5.75 Å². The highest BCUT2D eigenvalue weighted by molar-refractivity contribution is 9.10. The number of nitrogen functional groups attached to an aromatic ring is 1. The maximum atomic E-state index is 9.57. The summed E-state index contributed by atoms with van der Waals surface area (Å²) in [6.45, 7) is 0. The van der Waals surface area contributed by atoms with Gasteiger partial charge in [0.05, 0.1) is 22.8 Å². The zero-order chi connectivity index (χ0) is 18.8. The molecule has 0 radical (unpaired) electrons. The molecule has 0 unspecified atom stereocenters. The third kappa shape index (κ3) is 3.49. The number of methoxy groups -OCH3 is 1. The van der Waals surface area contributed by atoms with Crippen molar-refractivity contribution in [3.63, 3.8) is 0 Å². The first kappa shape index (κ1) is 18.5. The van der Waals surface area contributed by atoms with Gasteiger partial charge in [0.15, 0.2) is 0 Å². The number of benzene rings is 2. The molecule has 26 heavy (non-hydrogen) atoms. The van der Waals surface area contributed by atoms with Crippen molar-refractivity contribution in [3.8, 4) is 34.2 Å². The minimum Gasteiger partial charge on any atom is -0.496 e. The molecule has 0 aliphatic rings. The van der Waals surface area contributed by atoms with Crippen molar-refractivity contribution in [1.82, 2.24) is 4.98 Å². The van der Waals surface area contributed by atoms with E-state index in [0.29, 0.717) is 27.1 Å². The Balaban J connectivity index is 2.29. The summed E-state index contributed by atoms with van der Waals surface area (Å²) in [5, 5.41) is 10.4. The Hall–Kier alpha value is -2.26. The fraction of sp³-hybridized carbons (Fsp3) is 0.0526. The second-order valence-corrected chi connectivity index (χ2v) is 7.13. The summed E-state index contributed by atoms with van der Waals surface area (Å²) in [6, 6.07) is 14.7. The van der Waals surface area contributed by atoms with Crippen LogP contribution >= 0.6 is 39.1 Å². The number of halogens is 3. The Morgan fingerprint density at radius 2 is 1.85 bits per heavy atom. The topological polar surface area (TPSA) is 71.9 Å². The number of nitrogens with two attached hydrogens (primary N) is 1. The molecule has 0 spiro atoms. The van der Waals surface area contributed by atoms with E-state index in [4.69, 9.17) is 33.7 Å². The Labute approximate surface area is 169 Å². The summed E-state index contributed by atoms with van der Waals surface area (Å²) in [4.78, 5) is 4.35. The van der Waals surface area contributed by atoms with Crippen LogP contribution < -0.4 is 10.5 Å². The molecular formula is C19H12BrCl2N3O. The van der Waals surface area contributed by atoms with Gasteiger partial charge >= 0.3 is 0 Å². The van der Waals surface area contributed by atoms with Crippen LogP contribution in [0.4, 0.5) is 5.82 Å². The Bertz CT molecular complexity index is 1050. The molecule has 0 fully saturated rings. The molecule has 0 aliphatic carbocycles. The molecule has 1 heterocycles. The van der Waals surface area contributed by atoms with Crippen LogP contribution in [0.25, 0.3) is 22.4 Å². The first-order valence-corrected chi connectivity index (χ1v) is 8.99. The number of nitrogens with zero attached hydrogens (tertiary/aromatic N) is 2. The van der Waals surface area contributed by atoms with E-state index in [0.717, 1.165) is 15.6 Å². The van der Waals surface area contributed by atoms with Crippen molar-refractivity contribution in [2.45, 2.75) is 0 Å².